The maximum Gasteiger partial charge on any atom is 0.325 e. The molecular weight excluding hydrogens is 444 g/mol. The summed E-state index contributed by atoms with van der Waals surface area (Å²) < 4.78 is 27.9. The van der Waals surface area contributed by atoms with Gasteiger partial charge in [-0.3, -0.25) is 14.4 Å². The normalized spacial score (nSPS) is 10.5. The molecule has 1 amide bonds. The summed E-state index contributed by atoms with van der Waals surface area (Å²) in [5.41, 5.74) is 2.47. The van der Waals surface area contributed by atoms with Crippen LogP contribution < -0.4 is 19.5 Å². The monoisotopic (exact) mass is 476 g/mol. The van der Waals surface area contributed by atoms with E-state index >= 15 is 0 Å². The zero-order chi connectivity index (χ0) is 25.3. The second-order valence-electron chi connectivity index (χ2n) is 7.46. The largest absolute Gasteiger partial charge is 0.493 e. The molecule has 0 aliphatic carbocycles. The van der Waals surface area contributed by atoms with Gasteiger partial charge in [-0.15, -0.1) is 0 Å². The van der Waals surface area contributed by atoms with Gasteiger partial charge in [0.05, 0.1) is 21.3 Å². The third kappa shape index (κ3) is 6.50. The van der Waals surface area contributed by atoms with Crippen LogP contribution in [-0.2, 0) is 20.8 Å². The van der Waals surface area contributed by atoms with Crippen molar-refractivity contribution >= 4 is 17.7 Å². The molecule has 0 aliphatic heterocycles. The molecule has 0 spiro atoms. The molecule has 1 N–H and O–H groups in total. The maximum absolute atomic E-state index is 12.6. The topological polar surface area (TPSA) is 114 Å². The van der Waals surface area contributed by atoms with Gasteiger partial charge in [0.1, 0.15) is 6.54 Å². The number of carbonyl (C=O) groups excluding carboxylic acids is 3. The first kappa shape index (κ1) is 26.7. The third-order valence-corrected chi connectivity index (χ3v) is 5.29. The van der Waals surface area contributed by atoms with Crippen LogP contribution in [0.25, 0.3) is 0 Å². The van der Waals surface area contributed by atoms with Crippen molar-refractivity contribution in [1.29, 1.82) is 0 Å². The van der Waals surface area contributed by atoms with Gasteiger partial charge in [-0.2, -0.15) is 0 Å². The van der Waals surface area contributed by atoms with Gasteiger partial charge >= 0.3 is 5.97 Å². The molecule has 0 fully saturated rings. The Morgan fingerprint density at radius 2 is 1.59 bits per heavy atom. The zero-order valence-corrected chi connectivity index (χ0v) is 20.5. The minimum Gasteiger partial charge on any atom is -0.493 e. The second kappa shape index (κ2) is 12.6. The lowest BCUT2D eigenvalue weighted by molar-refractivity contribution is -0.141. The number of ether oxygens (including phenoxy) is 5. The molecule has 0 saturated carbocycles. The number of hydrogen-bond donors (Lipinski definition) is 1. The molecule has 0 bridgehead atoms. The number of carbonyl (C=O) groups is 3. The van der Waals surface area contributed by atoms with E-state index in [1.165, 1.54) is 33.5 Å². The highest BCUT2D eigenvalue weighted by molar-refractivity contribution is 6.00. The lowest BCUT2D eigenvalue weighted by Crippen LogP contribution is -2.31. The van der Waals surface area contributed by atoms with E-state index in [1.807, 2.05) is 18.4 Å². The van der Waals surface area contributed by atoms with E-state index < -0.39 is 25.0 Å². The molecule has 34 heavy (non-hydrogen) atoms. The Balaban J connectivity index is 1.93. The van der Waals surface area contributed by atoms with Crippen molar-refractivity contribution in [1.82, 2.24) is 9.88 Å². The number of benzene rings is 1. The molecule has 0 saturated heterocycles. The van der Waals surface area contributed by atoms with Gasteiger partial charge in [0, 0.05) is 42.8 Å². The molecule has 186 valence electrons. The molecule has 1 aromatic heterocycles. The van der Waals surface area contributed by atoms with Crippen molar-refractivity contribution in [2.75, 3.05) is 48.2 Å². The van der Waals surface area contributed by atoms with Gasteiger partial charge in [-0.25, -0.2) is 0 Å². The average molecular weight is 477 g/mol. The van der Waals surface area contributed by atoms with E-state index in [0.717, 1.165) is 24.4 Å². The quantitative estimate of drug-likeness (QED) is 0.266. The fourth-order valence-electron chi connectivity index (χ4n) is 3.54. The van der Waals surface area contributed by atoms with Crippen molar-refractivity contribution in [3.05, 3.63) is 40.7 Å². The van der Waals surface area contributed by atoms with E-state index in [1.54, 1.807) is 13.2 Å². The Bertz CT molecular complexity index is 1000. The predicted molar refractivity (Wildman–Crippen MR) is 124 cm³/mol. The summed E-state index contributed by atoms with van der Waals surface area (Å²) in [6.45, 7) is 4.30. The highest BCUT2D eigenvalue weighted by Gasteiger charge is 2.19. The molecule has 1 heterocycles. The highest BCUT2D eigenvalue weighted by Crippen LogP contribution is 2.38. The van der Waals surface area contributed by atoms with Gasteiger partial charge < -0.3 is 33.6 Å². The summed E-state index contributed by atoms with van der Waals surface area (Å²) in [4.78, 5) is 37.2. The van der Waals surface area contributed by atoms with E-state index in [0.29, 0.717) is 29.4 Å². The minimum atomic E-state index is -0.733. The predicted octanol–water partition coefficient (Wildman–Crippen LogP) is 2.32. The van der Waals surface area contributed by atoms with Crippen molar-refractivity contribution in [2.24, 2.45) is 0 Å². The number of esters is 1. The fraction of sp³-hybridized carbons (Fsp3) is 0.458. The molecule has 2 aromatic rings. The van der Waals surface area contributed by atoms with E-state index in [2.05, 4.69) is 5.32 Å². The number of amides is 1. The number of nitrogens with one attached hydrogen (secondary N) is 1. The molecule has 0 unspecified atom stereocenters. The first-order valence-electron chi connectivity index (χ1n) is 10.7. The van der Waals surface area contributed by atoms with Crippen molar-refractivity contribution in [2.45, 2.75) is 26.8 Å². The molecular formula is C24H32N2O8. The number of hydrogen-bond acceptors (Lipinski definition) is 8. The van der Waals surface area contributed by atoms with Crippen LogP contribution in [0.2, 0.25) is 0 Å². The van der Waals surface area contributed by atoms with Crippen LogP contribution in [0.15, 0.2) is 18.2 Å². The highest BCUT2D eigenvalue weighted by atomic mass is 16.5. The van der Waals surface area contributed by atoms with E-state index in [4.69, 9.17) is 23.7 Å². The first-order chi connectivity index (χ1) is 16.3. The van der Waals surface area contributed by atoms with Crippen LogP contribution in [-0.4, -0.2) is 70.4 Å². The molecule has 10 heteroatoms. The number of aryl methyl sites for hydroxylation is 1. The summed E-state index contributed by atoms with van der Waals surface area (Å²) >= 11 is 0. The summed E-state index contributed by atoms with van der Waals surface area (Å²) in [6.07, 6.45) is 0.821. The number of nitrogens with zero attached hydrogens (tertiary/aromatic N) is 1. The summed E-state index contributed by atoms with van der Waals surface area (Å²) in [6, 6.07) is 4.71. The van der Waals surface area contributed by atoms with Crippen molar-refractivity contribution in [3.8, 4) is 17.2 Å². The Morgan fingerprint density at radius 1 is 0.941 bits per heavy atom. The average Bonchev–Trinajstić information content (AvgIpc) is 3.13. The van der Waals surface area contributed by atoms with E-state index in [-0.39, 0.29) is 11.3 Å². The molecule has 1 aromatic carbocycles. The van der Waals surface area contributed by atoms with Crippen molar-refractivity contribution < 1.29 is 38.1 Å². The summed E-state index contributed by atoms with van der Waals surface area (Å²) in [7, 11) is 5.97. The van der Waals surface area contributed by atoms with Gasteiger partial charge in [-0.1, -0.05) is 0 Å². The van der Waals surface area contributed by atoms with Crippen LogP contribution in [0, 0.1) is 13.8 Å². The molecule has 10 nitrogen and oxygen atoms in total. The lowest BCUT2D eigenvalue weighted by atomic mass is 10.1. The van der Waals surface area contributed by atoms with Gasteiger partial charge in [0.2, 0.25) is 11.5 Å². The SMILES string of the molecule is COCCCn1c(C)cc(C(=O)COC(=O)CNC(=O)c2cc(OC)c(OC)c(OC)c2)c1C. The number of ketones is 1. The number of aromatic nitrogens is 1. The van der Waals surface area contributed by atoms with Crippen molar-refractivity contribution in [3.63, 3.8) is 0 Å². The Hall–Kier alpha value is -3.53. The Kier molecular flexibility index (Phi) is 9.93. The van der Waals surface area contributed by atoms with Crippen LogP contribution in [0.3, 0.4) is 0 Å². The zero-order valence-electron chi connectivity index (χ0n) is 20.5. The smallest absolute Gasteiger partial charge is 0.325 e. The summed E-state index contributed by atoms with van der Waals surface area (Å²) in [5.74, 6) is -0.627. The number of methoxy groups -OCH3 is 4. The first-order valence-corrected chi connectivity index (χ1v) is 10.7. The van der Waals surface area contributed by atoms with Crippen LogP contribution in [0.1, 0.15) is 38.5 Å². The van der Waals surface area contributed by atoms with Crippen LogP contribution in [0.5, 0.6) is 17.2 Å². The fourth-order valence-corrected chi connectivity index (χ4v) is 3.54. The van der Waals surface area contributed by atoms with Crippen LogP contribution in [0.4, 0.5) is 0 Å². The molecule has 0 atom stereocenters. The number of rotatable bonds is 13. The molecule has 2 rings (SSSR count). The molecule has 0 radical (unpaired) electrons. The van der Waals surface area contributed by atoms with E-state index in [9.17, 15) is 14.4 Å². The number of Topliss-reactive ketones (excluding diaryl/α,β-unsaturated/α-hetero) is 1. The second-order valence-corrected chi connectivity index (χ2v) is 7.46. The minimum absolute atomic E-state index is 0.208. The maximum atomic E-state index is 12.6. The Morgan fingerprint density at radius 3 is 2.15 bits per heavy atom. The Labute approximate surface area is 199 Å². The summed E-state index contributed by atoms with van der Waals surface area (Å²) in [5, 5.41) is 2.46. The lowest BCUT2D eigenvalue weighted by Gasteiger charge is -2.14. The van der Waals surface area contributed by atoms with Gasteiger partial charge in [0.25, 0.3) is 5.91 Å². The molecule has 0 aliphatic rings. The van der Waals surface area contributed by atoms with Gasteiger partial charge in [0.15, 0.2) is 18.1 Å². The van der Waals surface area contributed by atoms with Gasteiger partial charge in [-0.05, 0) is 38.5 Å². The standard InChI is InChI=1S/C24H32N2O8/c1-15-10-18(16(2)26(15)8-7-9-30-3)19(27)14-34-22(28)13-25-24(29)17-11-20(31-4)23(33-6)21(12-17)32-5/h10-12H,7-9,13-14H2,1-6H3,(H,25,29). The van der Waals surface area contributed by atoms with Crippen LogP contribution >= 0.6 is 0 Å². The third-order valence-electron chi connectivity index (χ3n) is 5.29.